The van der Waals surface area contributed by atoms with Crippen LogP contribution in [-0.4, -0.2) is 57.9 Å². The Morgan fingerprint density at radius 3 is 2.00 bits per heavy atom. The molecule has 1 heterocycles. The average molecular weight is 434 g/mol. The first kappa shape index (κ1) is 22.0. The summed E-state index contributed by atoms with van der Waals surface area (Å²) in [6.45, 7) is 3.21. The summed E-state index contributed by atoms with van der Waals surface area (Å²) in [6, 6.07) is 13.5. The predicted molar refractivity (Wildman–Crippen MR) is 113 cm³/mol. The van der Waals surface area contributed by atoms with Crippen LogP contribution in [-0.2, 0) is 14.6 Å². The van der Waals surface area contributed by atoms with Gasteiger partial charge in [0.1, 0.15) is 17.2 Å². The molecular formula is C22H27NO6S. The second-order valence-electron chi connectivity index (χ2n) is 6.99. The summed E-state index contributed by atoms with van der Waals surface area (Å²) in [5.74, 6) is 1.80. The Morgan fingerprint density at radius 2 is 1.47 bits per heavy atom. The number of amides is 1. The van der Waals surface area contributed by atoms with Crippen molar-refractivity contribution in [2.24, 2.45) is 0 Å². The van der Waals surface area contributed by atoms with Gasteiger partial charge >= 0.3 is 0 Å². The van der Waals surface area contributed by atoms with Gasteiger partial charge in [-0.3, -0.25) is 4.79 Å². The lowest BCUT2D eigenvalue weighted by molar-refractivity contribution is -0.134. The number of nitrogens with zero attached hydrogens (tertiary/aromatic N) is 1. The van der Waals surface area contributed by atoms with Crippen molar-refractivity contribution in [2.45, 2.75) is 29.9 Å². The van der Waals surface area contributed by atoms with Crippen LogP contribution in [0.2, 0.25) is 0 Å². The lowest BCUT2D eigenvalue weighted by atomic mass is 10.1. The van der Waals surface area contributed by atoms with Gasteiger partial charge in [0.25, 0.3) is 5.91 Å². The molecule has 0 bridgehead atoms. The number of rotatable bonds is 8. The van der Waals surface area contributed by atoms with E-state index in [9.17, 15) is 13.2 Å². The van der Waals surface area contributed by atoms with Gasteiger partial charge in [0.2, 0.25) is 0 Å². The number of hydrogen-bond acceptors (Lipinski definition) is 6. The van der Waals surface area contributed by atoms with Crippen molar-refractivity contribution in [3.63, 3.8) is 0 Å². The van der Waals surface area contributed by atoms with E-state index in [0.717, 1.165) is 5.75 Å². The number of hydrogen-bond donors (Lipinski definition) is 0. The molecule has 2 aromatic rings. The number of carbonyl (C=O) groups excluding carboxylic acids is 1. The van der Waals surface area contributed by atoms with Crippen LogP contribution in [0.1, 0.15) is 19.8 Å². The smallest absolute Gasteiger partial charge is 0.260 e. The Labute approximate surface area is 177 Å². The fraction of sp³-hybridized carbons (Fsp3) is 0.409. The molecule has 2 aromatic carbocycles. The van der Waals surface area contributed by atoms with E-state index >= 15 is 0 Å². The number of carbonyl (C=O) groups is 1. The van der Waals surface area contributed by atoms with Gasteiger partial charge in [-0.05, 0) is 68.3 Å². The van der Waals surface area contributed by atoms with Crippen molar-refractivity contribution < 1.29 is 27.4 Å². The summed E-state index contributed by atoms with van der Waals surface area (Å²) in [5.41, 5.74) is 0. The van der Waals surface area contributed by atoms with E-state index < -0.39 is 15.1 Å². The van der Waals surface area contributed by atoms with E-state index in [4.69, 9.17) is 14.2 Å². The lowest BCUT2D eigenvalue weighted by Crippen LogP contribution is -2.44. The molecule has 30 heavy (non-hydrogen) atoms. The van der Waals surface area contributed by atoms with Crippen LogP contribution in [0.3, 0.4) is 0 Å². The minimum Gasteiger partial charge on any atom is -0.497 e. The van der Waals surface area contributed by atoms with Crippen LogP contribution in [0.25, 0.3) is 0 Å². The summed E-state index contributed by atoms with van der Waals surface area (Å²) in [6.07, 6.45) is 0.812. The normalized spacial score (nSPS) is 14.9. The zero-order chi connectivity index (χ0) is 21.6. The number of ether oxygens (including phenoxy) is 3. The summed E-state index contributed by atoms with van der Waals surface area (Å²) in [7, 11) is -1.90. The van der Waals surface area contributed by atoms with Gasteiger partial charge in [0, 0.05) is 13.1 Å². The molecule has 0 spiro atoms. The highest BCUT2D eigenvalue weighted by Gasteiger charge is 2.32. The molecule has 1 saturated heterocycles. The van der Waals surface area contributed by atoms with Crippen LogP contribution >= 0.6 is 0 Å². The summed E-state index contributed by atoms with van der Waals surface area (Å²) < 4.78 is 41.8. The number of benzene rings is 2. The summed E-state index contributed by atoms with van der Waals surface area (Å²) >= 11 is 0. The molecule has 7 nitrogen and oxygen atoms in total. The number of piperidine rings is 1. The maximum Gasteiger partial charge on any atom is 0.260 e. The zero-order valence-electron chi connectivity index (χ0n) is 17.2. The van der Waals surface area contributed by atoms with Crippen LogP contribution in [0.5, 0.6) is 17.2 Å². The Balaban J connectivity index is 1.51. The summed E-state index contributed by atoms with van der Waals surface area (Å²) in [4.78, 5) is 14.4. The Hall–Kier alpha value is -2.74. The van der Waals surface area contributed by atoms with Crippen molar-refractivity contribution >= 4 is 15.7 Å². The van der Waals surface area contributed by atoms with Crippen LogP contribution < -0.4 is 14.2 Å². The van der Waals surface area contributed by atoms with E-state index in [0.29, 0.717) is 44.0 Å². The highest BCUT2D eigenvalue weighted by Crippen LogP contribution is 2.26. The van der Waals surface area contributed by atoms with E-state index in [-0.39, 0.29) is 17.4 Å². The van der Waals surface area contributed by atoms with Gasteiger partial charge in [-0.15, -0.1) is 0 Å². The fourth-order valence-corrected chi connectivity index (χ4v) is 5.14. The molecule has 1 fully saturated rings. The SMILES string of the molecule is CCOc1ccc(OCC(=O)N2CCC(S(=O)(=O)c3ccc(OC)cc3)CC2)cc1. The van der Waals surface area contributed by atoms with Crippen LogP contribution in [0.15, 0.2) is 53.4 Å². The number of sulfone groups is 1. The van der Waals surface area contributed by atoms with Crippen molar-refractivity contribution in [1.82, 2.24) is 4.90 Å². The third-order valence-corrected chi connectivity index (χ3v) is 7.40. The van der Waals surface area contributed by atoms with E-state index in [1.165, 1.54) is 7.11 Å². The third kappa shape index (κ3) is 5.24. The predicted octanol–water partition coefficient (Wildman–Crippen LogP) is 2.94. The van der Waals surface area contributed by atoms with E-state index in [1.807, 2.05) is 6.92 Å². The molecule has 0 radical (unpaired) electrons. The highest BCUT2D eigenvalue weighted by atomic mass is 32.2. The first-order valence-corrected chi connectivity index (χ1v) is 11.5. The Kier molecular flexibility index (Phi) is 7.20. The maximum absolute atomic E-state index is 12.9. The van der Waals surface area contributed by atoms with E-state index in [2.05, 4.69) is 0 Å². The molecule has 0 aromatic heterocycles. The molecule has 1 amide bonds. The first-order valence-electron chi connectivity index (χ1n) is 9.95. The average Bonchev–Trinajstić information content (AvgIpc) is 2.78. The van der Waals surface area contributed by atoms with Gasteiger partial charge in [-0.2, -0.15) is 0 Å². The molecule has 0 N–H and O–H groups in total. The van der Waals surface area contributed by atoms with Crippen LogP contribution in [0, 0.1) is 0 Å². The van der Waals surface area contributed by atoms with Gasteiger partial charge < -0.3 is 19.1 Å². The van der Waals surface area contributed by atoms with Crippen molar-refractivity contribution in [1.29, 1.82) is 0 Å². The van der Waals surface area contributed by atoms with E-state index in [1.54, 1.807) is 53.4 Å². The molecule has 1 aliphatic heterocycles. The Morgan fingerprint density at radius 1 is 0.933 bits per heavy atom. The van der Waals surface area contributed by atoms with Gasteiger partial charge in [0.05, 0.1) is 23.9 Å². The van der Waals surface area contributed by atoms with Crippen molar-refractivity contribution in [3.8, 4) is 17.2 Å². The highest BCUT2D eigenvalue weighted by molar-refractivity contribution is 7.92. The third-order valence-electron chi connectivity index (χ3n) is 5.12. The molecule has 162 valence electrons. The largest absolute Gasteiger partial charge is 0.497 e. The Bertz CT molecular complexity index is 933. The first-order chi connectivity index (χ1) is 14.4. The molecule has 0 unspecified atom stereocenters. The van der Waals surface area contributed by atoms with Gasteiger partial charge in [0.15, 0.2) is 16.4 Å². The second-order valence-corrected chi connectivity index (χ2v) is 9.22. The lowest BCUT2D eigenvalue weighted by Gasteiger charge is -2.31. The van der Waals surface area contributed by atoms with Gasteiger partial charge in [-0.25, -0.2) is 8.42 Å². The second kappa shape index (κ2) is 9.84. The van der Waals surface area contributed by atoms with Crippen molar-refractivity contribution in [2.75, 3.05) is 33.4 Å². The monoisotopic (exact) mass is 433 g/mol. The maximum atomic E-state index is 12.9. The minimum absolute atomic E-state index is 0.0795. The zero-order valence-corrected chi connectivity index (χ0v) is 18.1. The standard InChI is InChI=1S/C22H27NO6S/c1-3-28-18-4-6-19(7-5-18)29-16-22(24)23-14-12-21(13-15-23)30(25,26)20-10-8-17(27-2)9-11-20/h4-11,21H,3,12-16H2,1-2H3. The van der Waals surface area contributed by atoms with Gasteiger partial charge in [-0.1, -0.05) is 0 Å². The molecule has 0 aliphatic carbocycles. The molecule has 0 saturated carbocycles. The topological polar surface area (TPSA) is 82.1 Å². The molecule has 0 atom stereocenters. The molecule has 1 aliphatic rings. The molecular weight excluding hydrogens is 406 g/mol. The molecule has 8 heteroatoms. The number of methoxy groups -OCH3 is 1. The summed E-state index contributed by atoms with van der Waals surface area (Å²) in [5, 5.41) is -0.498. The molecule has 3 rings (SSSR count). The van der Waals surface area contributed by atoms with Crippen LogP contribution in [0.4, 0.5) is 0 Å². The van der Waals surface area contributed by atoms with Crippen molar-refractivity contribution in [3.05, 3.63) is 48.5 Å². The quantitative estimate of drug-likeness (QED) is 0.637. The minimum atomic E-state index is -3.44. The number of likely N-dealkylation sites (tertiary alicyclic amines) is 1. The fourth-order valence-electron chi connectivity index (χ4n) is 3.41.